The summed E-state index contributed by atoms with van der Waals surface area (Å²) in [6.45, 7) is 0.0985. The van der Waals surface area contributed by atoms with Crippen LogP contribution in [0.4, 0.5) is 10.1 Å². The van der Waals surface area contributed by atoms with Crippen LogP contribution >= 0.6 is 0 Å². The molecule has 0 saturated heterocycles. The van der Waals surface area contributed by atoms with Gasteiger partial charge in [0.25, 0.3) is 5.91 Å². The Kier molecular flexibility index (Phi) is 4.26. The molecule has 2 aromatic carbocycles. The fourth-order valence-electron chi connectivity index (χ4n) is 1.69. The lowest BCUT2D eigenvalue weighted by Crippen LogP contribution is -2.11. The van der Waals surface area contributed by atoms with Crippen molar-refractivity contribution in [3.8, 4) is 0 Å². The Bertz CT molecular complexity index is 549. The minimum atomic E-state index is -0.370. The third kappa shape index (κ3) is 3.63. The number of benzene rings is 2. The minimum absolute atomic E-state index is 0.0985. The zero-order chi connectivity index (χ0) is 13.7. The number of carbonyl (C=O) groups is 1. The number of carbonyl (C=O) groups excluding carboxylic acids is 1. The van der Waals surface area contributed by atoms with Crippen molar-refractivity contribution in [1.82, 2.24) is 0 Å². The average molecular weight is 259 g/mol. The molecule has 19 heavy (non-hydrogen) atoms. The molecule has 0 fully saturated rings. The second kappa shape index (κ2) is 6.11. The highest BCUT2D eigenvalue weighted by atomic mass is 19.1. The smallest absolute Gasteiger partial charge is 0.255 e. The van der Waals surface area contributed by atoms with Gasteiger partial charge >= 0.3 is 0 Å². The molecule has 0 aliphatic rings. The van der Waals surface area contributed by atoms with E-state index in [1.165, 1.54) is 24.3 Å². The number of hydrogen-bond acceptors (Lipinski definition) is 2. The lowest BCUT2D eigenvalue weighted by molar-refractivity contribution is 0.102. The maximum Gasteiger partial charge on any atom is 0.255 e. The van der Waals surface area contributed by atoms with Gasteiger partial charge in [-0.2, -0.15) is 0 Å². The number of nitrogens with one attached hydrogen (secondary N) is 1. The first kappa shape index (κ1) is 13.2. The lowest BCUT2D eigenvalue weighted by atomic mass is 10.1. The van der Waals surface area contributed by atoms with E-state index in [4.69, 9.17) is 5.11 Å². The van der Waals surface area contributed by atoms with E-state index in [9.17, 15) is 9.18 Å². The van der Waals surface area contributed by atoms with Gasteiger partial charge in [0.05, 0.1) is 0 Å². The predicted octanol–water partition coefficient (Wildman–Crippen LogP) is 2.61. The van der Waals surface area contributed by atoms with Gasteiger partial charge < -0.3 is 10.4 Å². The molecule has 4 heteroatoms. The fraction of sp³-hybridized carbons (Fsp3) is 0.133. The van der Waals surface area contributed by atoms with Crippen molar-refractivity contribution in [3.05, 3.63) is 65.5 Å². The van der Waals surface area contributed by atoms with Crippen LogP contribution in [0.3, 0.4) is 0 Å². The Morgan fingerprint density at radius 3 is 2.26 bits per heavy atom. The van der Waals surface area contributed by atoms with Crippen molar-refractivity contribution in [2.75, 3.05) is 11.9 Å². The van der Waals surface area contributed by atoms with Gasteiger partial charge in [-0.1, -0.05) is 12.1 Å². The van der Waals surface area contributed by atoms with Crippen LogP contribution in [0.25, 0.3) is 0 Å². The van der Waals surface area contributed by atoms with Crippen molar-refractivity contribution >= 4 is 11.6 Å². The SMILES string of the molecule is O=C(Nc1ccc(CCO)cc1)c1ccc(F)cc1. The van der Waals surface area contributed by atoms with Crippen LogP contribution in [0, 0.1) is 5.82 Å². The van der Waals surface area contributed by atoms with Crippen molar-refractivity contribution in [2.24, 2.45) is 0 Å². The Morgan fingerprint density at radius 2 is 1.68 bits per heavy atom. The van der Waals surface area contributed by atoms with E-state index in [-0.39, 0.29) is 18.3 Å². The van der Waals surface area contributed by atoms with E-state index < -0.39 is 0 Å². The number of amides is 1. The molecular weight excluding hydrogens is 245 g/mol. The van der Waals surface area contributed by atoms with E-state index in [1.807, 2.05) is 12.1 Å². The quantitative estimate of drug-likeness (QED) is 0.886. The van der Waals surface area contributed by atoms with Crippen LogP contribution in [0.1, 0.15) is 15.9 Å². The number of aliphatic hydroxyl groups is 1. The Hall–Kier alpha value is -2.20. The molecule has 2 aromatic rings. The van der Waals surface area contributed by atoms with E-state index in [2.05, 4.69) is 5.32 Å². The van der Waals surface area contributed by atoms with Crippen molar-refractivity contribution < 1.29 is 14.3 Å². The van der Waals surface area contributed by atoms with Gasteiger partial charge in [-0.05, 0) is 48.4 Å². The van der Waals surface area contributed by atoms with Crippen LogP contribution in [-0.2, 0) is 6.42 Å². The summed E-state index contributed by atoms with van der Waals surface area (Å²) in [4.78, 5) is 11.9. The number of anilines is 1. The monoisotopic (exact) mass is 259 g/mol. The molecule has 0 aromatic heterocycles. The van der Waals surface area contributed by atoms with E-state index >= 15 is 0 Å². The fourth-order valence-corrected chi connectivity index (χ4v) is 1.69. The van der Waals surface area contributed by atoms with Crippen LogP contribution in [0.5, 0.6) is 0 Å². The molecule has 0 radical (unpaired) electrons. The highest BCUT2D eigenvalue weighted by Gasteiger charge is 2.05. The average Bonchev–Trinajstić information content (AvgIpc) is 2.42. The van der Waals surface area contributed by atoms with Gasteiger partial charge in [-0.25, -0.2) is 4.39 Å². The summed E-state index contributed by atoms with van der Waals surface area (Å²) in [6.07, 6.45) is 0.589. The third-order valence-electron chi connectivity index (χ3n) is 2.72. The molecular formula is C15H14FNO2. The minimum Gasteiger partial charge on any atom is -0.396 e. The molecule has 1 amide bonds. The van der Waals surface area contributed by atoms with Crippen LogP contribution in [0.15, 0.2) is 48.5 Å². The Balaban J connectivity index is 2.04. The summed E-state index contributed by atoms with van der Waals surface area (Å²) >= 11 is 0. The maximum absolute atomic E-state index is 12.7. The molecule has 0 aliphatic carbocycles. The highest BCUT2D eigenvalue weighted by molar-refractivity contribution is 6.04. The standard InChI is InChI=1S/C15H14FNO2/c16-13-5-3-12(4-6-13)15(19)17-14-7-1-11(2-8-14)9-10-18/h1-8,18H,9-10H2,(H,17,19). The second-order valence-corrected chi connectivity index (χ2v) is 4.13. The molecule has 0 aliphatic heterocycles. The predicted molar refractivity (Wildman–Crippen MR) is 71.6 cm³/mol. The first-order valence-corrected chi connectivity index (χ1v) is 5.96. The summed E-state index contributed by atoms with van der Waals surface area (Å²) in [5, 5.41) is 11.5. The van der Waals surface area contributed by atoms with Gasteiger partial charge in [-0.3, -0.25) is 4.79 Å². The second-order valence-electron chi connectivity index (χ2n) is 4.13. The van der Waals surface area contributed by atoms with E-state index in [1.54, 1.807) is 12.1 Å². The first-order valence-electron chi connectivity index (χ1n) is 5.96. The van der Waals surface area contributed by atoms with E-state index in [0.717, 1.165) is 5.56 Å². The third-order valence-corrected chi connectivity index (χ3v) is 2.72. The van der Waals surface area contributed by atoms with Gasteiger partial charge in [0.1, 0.15) is 5.82 Å². The summed E-state index contributed by atoms with van der Waals surface area (Å²) in [5.41, 5.74) is 2.07. The summed E-state index contributed by atoms with van der Waals surface area (Å²) in [6, 6.07) is 12.6. The topological polar surface area (TPSA) is 49.3 Å². The van der Waals surface area contributed by atoms with Crippen LogP contribution < -0.4 is 5.32 Å². The molecule has 2 N–H and O–H groups in total. The summed E-state index contributed by atoms with van der Waals surface area (Å²) < 4.78 is 12.7. The normalized spacial score (nSPS) is 10.2. The van der Waals surface area contributed by atoms with Crippen molar-refractivity contribution in [1.29, 1.82) is 0 Å². The summed E-state index contributed by atoms with van der Waals surface area (Å²) in [5.74, 6) is -0.653. The molecule has 0 spiro atoms. The van der Waals surface area contributed by atoms with Gasteiger partial charge in [0, 0.05) is 17.9 Å². The molecule has 2 rings (SSSR count). The number of aliphatic hydroxyl groups excluding tert-OH is 1. The Labute approximate surface area is 110 Å². The zero-order valence-corrected chi connectivity index (χ0v) is 10.3. The highest BCUT2D eigenvalue weighted by Crippen LogP contribution is 2.12. The molecule has 98 valence electrons. The molecule has 3 nitrogen and oxygen atoms in total. The number of hydrogen-bond donors (Lipinski definition) is 2. The van der Waals surface area contributed by atoms with E-state index in [0.29, 0.717) is 17.7 Å². The molecule has 0 atom stereocenters. The van der Waals surface area contributed by atoms with Crippen molar-refractivity contribution in [2.45, 2.75) is 6.42 Å². The molecule has 0 saturated carbocycles. The Morgan fingerprint density at radius 1 is 1.05 bits per heavy atom. The van der Waals surface area contributed by atoms with Crippen LogP contribution in [0.2, 0.25) is 0 Å². The number of halogens is 1. The largest absolute Gasteiger partial charge is 0.396 e. The lowest BCUT2D eigenvalue weighted by Gasteiger charge is -2.06. The molecule has 0 heterocycles. The first-order chi connectivity index (χ1) is 9.19. The van der Waals surface area contributed by atoms with Gasteiger partial charge in [-0.15, -0.1) is 0 Å². The van der Waals surface area contributed by atoms with Gasteiger partial charge in [0.2, 0.25) is 0 Å². The maximum atomic E-state index is 12.7. The number of rotatable bonds is 4. The van der Waals surface area contributed by atoms with Crippen molar-refractivity contribution in [3.63, 3.8) is 0 Å². The zero-order valence-electron chi connectivity index (χ0n) is 10.3. The van der Waals surface area contributed by atoms with Crippen LogP contribution in [-0.4, -0.2) is 17.6 Å². The molecule has 0 bridgehead atoms. The molecule has 0 unspecified atom stereocenters. The summed E-state index contributed by atoms with van der Waals surface area (Å²) in [7, 11) is 0. The van der Waals surface area contributed by atoms with Gasteiger partial charge in [0.15, 0.2) is 0 Å².